The molecule has 2 fully saturated rings. The van der Waals surface area contributed by atoms with E-state index < -0.39 is 0 Å². The Kier molecular flexibility index (Phi) is 8.19. The van der Waals surface area contributed by atoms with Gasteiger partial charge in [0.25, 0.3) is 0 Å². The van der Waals surface area contributed by atoms with Crippen molar-refractivity contribution < 1.29 is 9.47 Å². The van der Waals surface area contributed by atoms with Gasteiger partial charge in [-0.25, -0.2) is 0 Å². The van der Waals surface area contributed by atoms with E-state index in [1.807, 2.05) is 12.1 Å². The topological polar surface area (TPSA) is 49.0 Å². The second-order valence-electron chi connectivity index (χ2n) is 10.1. The van der Waals surface area contributed by atoms with Gasteiger partial charge in [0.2, 0.25) is 0 Å². The number of piperidine rings is 1. The van der Waals surface area contributed by atoms with Crippen molar-refractivity contribution >= 4 is 17.3 Å². The number of thiocarbonyl (C=S) groups is 1. The van der Waals surface area contributed by atoms with Gasteiger partial charge in [-0.05, 0) is 58.8 Å². The minimum Gasteiger partial charge on any atom is -0.496 e. The minimum absolute atomic E-state index is 0.0797. The molecular formula is C24H40N4O2S. The summed E-state index contributed by atoms with van der Waals surface area (Å²) in [5.74, 6) is 0.908. The van der Waals surface area contributed by atoms with Crippen LogP contribution in [0.3, 0.4) is 0 Å². The van der Waals surface area contributed by atoms with Crippen molar-refractivity contribution in [3.63, 3.8) is 0 Å². The predicted octanol–water partition coefficient (Wildman–Crippen LogP) is 3.01. The molecule has 0 atom stereocenters. The van der Waals surface area contributed by atoms with Crippen molar-refractivity contribution in [3.05, 3.63) is 29.8 Å². The molecule has 0 aromatic heterocycles. The van der Waals surface area contributed by atoms with Crippen LogP contribution in [0.5, 0.6) is 5.75 Å². The fourth-order valence-corrected chi connectivity index (χ4v) is 5.39. The standard InChI is InChI=1S/C24H40N4O2S/c1-23(2)16-20(17-24(3,4)26-23)25-22(31)28(11-10-27-12-14-30-15-13-27)18-19-8-6-7-9-21(19)29-5/h6-9,20,26H,10-18H2,1-5H3,(H,25,31). The molecule has 0 amide bonds. The molecule has 0 aliphatic carbocycles. The highest BCUT2D eigenvalue weighted by Crippen LogP contribution is 2.29. The summed E-state index contributed by atoms with van der Waals surface area (Å²) >= 11 is 5.96. The number of para-hydroxylation sites is 1. The number of morpholine rings is 1. The Bertz CT molecular complexity index is 718. The molecular weight excluding hydrogens is 408 g/mol. The molecule has 0 bridgehead atoms. The van der Waals surface area contributed by atoms with Crippen LogP contribution in [0.2, 0.25) is 0 Å². The SMILES string of the molecule is COc1ccccc1CN(CCN1CCOCC1)C(=S)NC1CC(C)(C)NC(C)(C)C1. The van der Waals surface area contributed by atoms with E-state index in [1.165, 1.54) is 0 Å². The van der Waals surface area contributed by atoms with Crippen molar-refractivity contribution in [2.45, 2.75) is 64.2 Å². The number of rotatable bonds is 7. The van der Waals surface area contributed by atoms with Gasteiger partial charge in [-0.1, -0.05) is 18.2 Å². The van der Waals surface area contributed by atoms with Crippen LogP contribution in [0.1, 0.15) is 46.1 Å². The van der Waals surface area contributed by atoms with Gasteiger partial charge >= 0.3 is 0 Å². The molecule has 2 heterocycles. The minimum atomic E-state index is 0.0797. The maximum atomic E-state index is 5.96. The van der Waals surface area contributed by atoms with Crippen LogP contribution in [0.15, 0.2) is 24.3 Å². The van der Waals surface area contributed by atoms with Gasteiger partial charge in [0.15, 0.2) is 5.11 Å². The Morgan fingerprint density at radius 3 is 2.48 bits per heavy atom. The van der Waals surface area contributed by atoms with E-state index in [4.69, 9.17) is 21.7 Å². The molecule has 2 aliphatic heterocycles. The molecule has 0 radical (unpaired) electrons. The fraction of sp³-hybridized carbons (Fsp3) is 0.708. The monoisotopic (exact) mass is 448 g/mol. The summed E-state index contributed by atoms with van der Waals surface area (Å²) in [6, 6.07) is 8.56. The lowest BCUT2D eigenvalue weighted by atomic mass is 9.80. The van der Waals surface area contributed by atoms with Gasteiger partial charge in [-0.3, -0.25) is 4.90 Å². The zero-order valence-electron chi connectivity index (χ0n) is 19.9. The van der Waals surface area contributed by atoms with Crippen LogP contribution < -0.4 is 15.4 Å². The summed E-state index contributed by atoms with van der Waals surface area (Å²) < 4.78 is 11.1. The van der Waals surface area contributed by atoms with Crippen molar-refractivity contribution in [2.75, 3.05) is 46.5 Å². The van der Waals surface area contributed by atoms with Crippen LogP contribution in [0.25, 0.3) is 0 Å². The van der Waals surface area contributed by atoms with Gasteiger partial charge in [0.05, 0.1) is 20.3 Å². The van der Waals surface area contributed by atoms with E-state index in [1.54, 1.807) is 7.11 Å². The number of methoxy groups -OCH3 is 1. The summed E-state index contributed by atoms with van der Waals surface area (Å²) in [6.07, 6.45) is 2.09. The van der Waals surface area contributed by atoms with E-state index in [9.17, 15) is 0 Å². The first-order valence-electron chi connectivity index (χ1n) is 11.4. The van der Waals surface area contributed by atoms with E-state index >= 15 is 0 Å². The molecule has 0 spiro atoms. The molecule has 31 heavy (non-hydrogen) atoms. The number of nitrogens with one attached hydrogen (secondary N) is 2. The summed E-state index contributed by atoms with van der Waals surface area (Å²) in [4.78, 5) is 4.75. The zero-order valence-corrected chi connectivity index (χ0v) is 20.7. The number of hydrogen-bond donors (Lipinski definition) is 2. The molecule has 2 saturated heterocycles. The maximum absolute atomic E-state index is 5.96. The quantitative estimate of drug-likeness (QED) is 0.622. The third-order valence-electron chi connectivity index (χ3n) is 6.15. The third-order valence-corrected chi connectivity index (χ3v) is 6.52. The van der Waals surface area contributed by atoms with Crippen molar-refractivity contribution in [2.24, 2.45) is 0 Å². The smallest absolute Gasteiger partial charge is 0.169 e. The number of ether oxygens (including phenoxy) is 2. The summed E-state index contributed by atoms with van der Waals surface area (Å²) in [6.45, 7) is 15.3. The lowest BCUT2D eigenvalue weighted by molar-refractivity contribution is 0.0356. The van der Waals surface area contributed by atoms with Crippen LogP contribution in [-0.2, 0) is 11.3 Å². The average molecular weight is 449 g/mol. The molecule has 1 aromatic carbocycles. The largest absolute Gasteiger partial charge is 0.496 e. The van der Waals surface area contributed by atoms with E-state index in [2.05, 4.69) is 60.3 Å². The molecule has 6 nitrogen and oxygen atoms in total. The van der Waals surface area contributed by atoms with Gasteiger partial charge in [0.1, 0.15) is 5.75 Å². The first-order chi connectivity index (χ1) is 14.7. The van der Waals surface area contributed by atoms with Gasteiger partial charge in [-0.2, -0.15) is 0 Å². The highest BCUT2D eigenvalue weighted by Gasteiger charge is 2.38. The Hall–Kier alpha value is -1.41. The second kappa shape index (κ2) is 10.5. The third kappa shape index (κ3) is 7.31. The average Bonchev–Trinajstić information content (AvgIpc) is 2.69. The van der Waals surface area contributed by atoms with Crippen LogP contribution in [-0.4, -0.2) is 78.5 Å². The summed E-state index contributed by atoms with van der Waals surface area (Å²) in [5, 5.41) is 8.30. The Morgan fingerprint density at radius 1 is 1.19 bits per heavy atom. The van der Waals surface area contributed by atoms with Crippen molar-refractivity contribution in [1.29, 1.82) is 0 Å². The molecule has 1 aromatic rings. The van der Waals surface area contributed by atoms with Gasteiger partial charge in [0, 0.05) is 55.4 Å². The van der Waals surface area contributed by atoms with Crippen molar-refractivity contribution in [3.8, 4) is 5.75 Å². The molecule has 7 heteroatoms. The fourth-order valence-electron chi connectivity index (χ4n) is 5.07. The van der Waals surface area contributed by atoms with Gasteiger partial charge in [-0.15, -0.1) is 0 Å². The molecule has 2 aliphatic rings. The highest BCUT2D eigenvalue weighted by molar-refractivity contribution is 7.80. The van der Waals surface area contributed by atoms with Crippen LogP contribution in [0.4, 0.5) is 0 Å². The zero-order chi connectivity index (χ0) is 22.5. The predicted molar refractivity (Wildman–Crippen MR) is 131 cm³/mol. The summed E-state index contributed by atoms with van der Waals surface area (Å²) in [5.41, 5.74) is 1.31. The Labute approximate surface area is 193 Å². The van der Waals surface area contributed by atoms with E-state index in [0.29, 0.717) is 6.04 Å². The normalized spacial score (nSPS) is 21.5. The van der Waals surface area contributed by atoms with Crippen LogP contribution >= 0.6 is 12.2 Å². The van der Waals surface area contributed by atoms with E-state index in [0.717, 1.165) is 75.2 Å². The highest BCUT2D eigenvalue weighted by atomic mass is 32.1. The lowest BCUT2D eigenvalue weighted by Gasteiger charge is -2.47. The number of benzene rings is 1. The van der Waals surface area contributed by atoms with E-state index in [-0.39, 0.29) is 11.1 Å². The molecule has 2 N–H and O–H groups in total. The van der Waals surface area contributed by atoms with Crippen LogP contribution in [0, 0.1) is 0 Å². The number of nitrogens with zero attached hydrogens (tertiary/aromatic N) is 2. The second-order valence-corrected chi connectivity index (χ2v) is 10.5. The Balaban J connectivity index is 1.70. The van der Waals surface area contributed by atoms with Crippen molar-refractivity contribution in [1.82, 2.24) is 20.4 Å². The van der Waals surface area contributed by atoms with Gasteiger partial charge < -0.3 is 25.0 Å². The molecule has 174 valence electrons. The molecule has 0 saturated carbocycles. The Morgan fingerprint density at radius 2 is 1.84 bits per heavy atom. The lowest BCUT2D eigenvalue weighted by Crippen LogP contribution is -2.63. The first-order valence-corrected chi connectivity index (χ1v) is 11.9. The first kappa shape index (κ1) is 24.2. The number of hydrogen-bond acceptors (Lipinski definition) is 5. The molecule has 0 unspecified atom stereocenters. The maximum Gasteiger partial charge on any atom is 0.169 e. The molecule has 3 rings (SSSR count). The summed E-state index contributed by atoms with van der Waals surface area (Å²) in [7, 11) is 1.73.